The molecular weight excluding hydrogens is 160 g/mol. The standard InChI is InChI=1S/C11H22N2/c1-9-7-13(8-9)11-6-4-2-3-5-10(11)12/h9-11H,2-8,12H2,1H3. The minimum absolute atomic E-state index is 0.454. The van der Waals surface area contributed by atoms with Gasteiger partial charge < -0.3 is 5.73 Å². The van der Waals surface area contributed by atoms with Crippen molar-refractivity contribution in [1.29, 1.82) is 0 Å². The van der Waals surface area contributed by atoms with E-state index in [1.54, 1.807) is 0 Å². The van der Waals surface area contributed by atoms with E-state index in [-0.39, 0.29) is 0 Å². The molecule has 2 atom stereocenters. The highest BCUT2D eigenvalue weighted by Gasteiger charge is 2.33. The average molecular weight is 182 g/mol. The van der Waals surface area contributed by atoms with Crippen LogP contribution in [0.25, 0.3) is 0 Å². The van der Waals surface area contributed by atoms with E-state index in [0.29, 0.717) is 12.1 Å². The quantitative estimate of drug-likeness (QED) is 0.624. The molecule has 1 heterocycles. The van der Waals surface area contributed by atoms with Gasteiger partial charge in [-0.05, 0) is 18.8 Å². The summed E-state index contributed by atoms with van der Waals surface area (Å²) in [6, 6.07) is 1.16. The first-order valence-corrected chi connectivity index (χ1v) is 5.77. The summed E-state index contributed by atoms with van der Waals surface area (Å²) in [5, 5.41) is 0. The molecule has 2 unspecified atom stereocenters. The van der Waals surface area contributed by atoms with Crippen molar-refractivity contribution < 1.29 is 0 Å². The van der Waals surface area contributed by atoms with E-state index < -0.39 is 0 Å². The topological polar surface area (TPSA) is 29.3 Å². The molecule has 0 radical (unpaired) electrons. The Hall–Kier alpha value is -0.0800. The third-order valence-corrected chi connectivity index (χ3v) is 3.59. The summed E-state index contributed by atoms with van der Waals surface area (Å²) in [5.41, 5.74) is 6.19. The summed E-state index contributed by atoms with van der Waals surface area (Å²) < 4.78 is 0. The van der Waals surface area contributed by atoms with Gasteiger partial charge in [-0.15, -0.1) is 0 Å². The summed E-state index contributed by atoms with van der Waals surface area (Å²) in [4.78, 5) is 2.60. The Bertz CT molecular complexity index is 163. The second kappa shape index (κ2) is 3.97. The Morgan fingerprint density at radius 2 is 1.77 bits per heavy atom. The summed E-state index contributed by atoms with van der Waals surface area (Å²) in [6.45, 7) is 4.91. The van der Waals surface area contributed by atoms with Gasteiger partial charge in [0.1, 0.15) is 0 Å². The number of nitrogens with zero attached hydrogens (tertiary/aromatic N) is 1. The number of rotatable bonds is 1. The van der Waals surface area contributed by atoms with Crippen LogP contribution < -0.4 is 5.73 Å². The van der Waals surface area contributed by atoms with Crippen LogP contribution in [0.5, 0.6) is 0 Å². The lowest BCUT2D eigenvalue weighted by atomic mass is 9.94. The summed E-state index contributed by atoms with van der Waals surface area (Å²) in [5.74, 6) is 0.912. The van der Waals surface area contributed by atoms with Crippen LogP contribution in [-0.2, 0) is 0 Å². The lowest BCUT2D eigenvalue weighted by Gasteiger charge is -2.45. The van der Waals surface area contributed by atoms with Crippen molar-refractivity contribution in [1.82, 2.24) is 4.90 Å². The summed E-state index contributed by atoms with van der Waals surface area (Å²) in [6.07, 6.45) is 6.72. The highest BCUT2D eigenvalue weighted by Crippen LogP contribution is 2.26. The van der Waals surface area contributed by atoms with Crippen molar-refractivity contribution in [2.75, 3.05) is 13.1 Å². The molecule has 76 valence electrons. The van der Waals surface area contributed by atoms with E-state index in [2.05, 4.69) is 11.8 Å². The number of hydrogen-bond donors (Lipinski definition) is 1. The predicted molar refractivity (Wildman–Crippen MR) is 55.6 cm³/mol. The Kier molecular flexibility index (Phi) is 2.89. The number of hydrogen-bond acceptors (Lipinski definition) is 2. The molecule has 2 aliphatic rings. The van der Waals surface area contributed by atoms with E-state index in [9.17, 15) is 0 Å². The van der Waals surface area contributed by atoms with E-state index in [0.717, 1.165) is 5.92 Å². The van der Waals surface area contributed by atoms with Gasteiger partial charge in [-0.1, -0.05) is 26.2 Å². The van der Waals surface area contributed by atoms with Crippen molar-refractivity contribution in [2.24, 2.45) is 11.7 Å². The first kappa shape index (κ1) is 9.47. The van der Waals surface area contributed by atoms with Gasteiger partial charge in [-0.25, -0.2) is 0 Å². The molecule has 2 rings (SSSR count). The molecule has 2 fully saturated rings. The molecule has 2 N–H and O–H groups in total. The van der Waals surface area contributed by atoms with Gasteiger partial charge in [0, 0.05) is 25.2 Å². The van der Waals surface area contributed by atoms with Crippen LogP contribution in [0.1, 0.15) is 39.0 Å². The molecule has 1 aliphatic heterocycles. The first-order chi connectivity index (χ1) is 6.27. The molecule has 0 amide bonds. The van der Waals surface area contributed by atoms with Gasteiger partial charge in [-0.2, -0.15) is 0 Å². The third-order valence-electron chi connectivity index (χ3n) is 3.59. The second-order valence-electron chi connectivity index (χ2n) is 4.93. The van der Waals surface area contributed by atoms with Crippen LogP contribution in [0.2, 0.25) is 0 Å². The minimum atomic E-state index is 0.454. The lowest BCUT2D eigenvalue weighted by Crippen LogP contribution is -2.56. The minimum Gasteiger partial charge on any atom is -0.326 e. The van der Waals surface area contributed by atoms with E-state index in [4.69, 9.17) is 5.73 Å². The maximum atomic E-state index is 6.19. The fraction of sp³-hybridized carbons (Fsp3) is 1.00. The van der Waals surface area contributed by atoms with Gasteiger partial charge in [0.05, 0.1) is 0 Å². The normalized spacial score (nSPS) is 38.3. The van der Waals surface area contributed by atoms with Crippen LogP contribution in [0.3, 0.4) is 0 Å². The van der Waals surface area contributed by atoms with Crippen molar-refractivity contribution in [3.63, 3.8) is 0 Å². The molecule has 0 aromatic carbocycles. The SMILES string of the molecule is CC1CN(C2CCCCCC2N)C1. The van der Waals surface area contributed by atoms with Crippen molar-refractivity contribution in [3.8, 4) is 0 Å². The van der Waals surface area contributed by atoms with Crippen LogP contribution in [-0.4, -0.2) is 30.1 Å². The van der Waals surface area contributed by atoms with Gasteiger partial charge >= 0.3 is 0 Å². The maximum absolute atomic E-state index is 6.19. The molecule has 0 bridgehead atoms. The van der Waals surface area contributed by atoms with Crippen molar-refractivity contribution >= 4 is 0 Å². The molecule has 0 aromatic heterocycles. The molecule has 1 saturated carbocycles. The largest absolute Gasteiger partial charge is 0.326 e. The van der Waals surface area contributed by atoms with E-state index >= 15 is 0 Å². The lowest BCUT2D eigenvalue weighted by molar-refractivity contribution is 0.0462. The monoisotopic (exact) mass is 182 g/mol. The van der Waals surface area contributed by atoms with Crippen LogP contribution >= 0.6 is 0 Å². The van der Waals surface area contributed by atoms with Crippen LogP contribution in [0, 0.1) is 5.92 Å². The highest BCUT2D eigenvalue weighted by molar-refractivity contribution is 4.90. The van der Waals surface area contributed by atoms with Gasteiger partial charge in [0.15, 0.2) is 0 Å². The fourth-order valence-corrected chi connectivity index (χ4v) is 2.79. The predicted octanol–water partition coefficient (Wildman–Crippen LogP) is 1.60. The molecule has 2 heteroatoms. The van der Waals surface area contributed by atoms with Gasteiger partial charge in [0.25, 0.3) is 0 Å². The Balaban J connectivity index is 1.88. The van der Waals surface area contributed by atoms with Gasteiger partial charge in [0.2, 0.25) is 0 Å². The Morgan fingerprint density at radius 1 is 1.08 bits per heavy atom. The third kappa shape index (κ3) is 2.05. The molecule has 0 aromatic rings. The van der Waals surface area contributed by atoms with Crippen LogP contribution in [0.4, 0.5) is 0 Å². The highest BCUT2D eigenvalue weighted by atomic mass is 15.2. The second-order valence-corrected chi connectivity index (χ2v) is 4.93. The number of nitrogens with two attached hydrogens (primary N) is 1. The zero-order valence-corrected chi connectivity index (χ0v) is 8.71. The van der Waals surface area contributed by atoms with Gasteiger partial charge in [-0.3, -0.25) is 4.90 Å². The summed E-state index contributed by atoms with van der Waals surface area (Å²) in [7, 11) is 0. The molecule has 1 aliphatic carbocycles. The van der Waals surface area contributed by atoms with Crippen molar-refractivity contribution in [2.45, 2.75) is 51.1 Å². The summed E-state index contributed by atoms with van der Waals surface area (Å²) >= 11 is 0. The van der Waals surface area contributed by atoms with Crippen LogP contribution in [0.15, 0.2) is 0 Å². The Labute approximate surface area is 81.5 Å². The molecule has 13 heavy (non-hydrogen) atoms. The smallest absolute Gasteiger partial charge is 0.0247 e. The Morgan fingerprint density at radius 3 is 2.46 bits per heavy atom. The maximum Gasteiger partial charge on any atom is 0.0247 e. The average Bonchev–Trinajstić information content (AvgIpc) is 2.25. The molecule has 1 saturated heterocycles. The zero-order valence-electron chi connectivity index (χ0n) is 8.71. The number of likely N-dealkylation sites (tertiary alicyclic amines) is 1. The zero-order chi connectivity index (χ0) is 9.26. The van der Waals surface area contributed by atoms with Crippen molar-refractivity contribution in [3.05, 3.63) is 0 Å². The van der Waals surface area contributed by atoms with E-state index in [1.165, 1.54) is 45.2 Å². The molecular formula is C11H22N2. The van der Waals surface area contributed by atoms with E-state index in [1.807, 2.05) is 0 Å². The molecule has 2 nitrogen and oxygen atoms in total. The first-order valence-electron chi connectivity index (χ1n) is 5.77. The fourth-order valence-electron chi connectivity index (χ4n) is 2.79. The molecule has 0 spiro atoms.